The highest BCUT2D eigenvalue weighted by Gasteiger charge is 2.34. The van der Waals surface area contributed by atoms with E-state index in [1.165, 1.54) is 12.1 Å². The highest BCUT2D eigenvalue weighted by Crippen LogP contribution is 2.31. The lowest BCUT2D eigenvalue weighted by Crippen LogP contribution is -2.10. The molecule has 104 valence electrons. The second-order valence-corrected chi connectivity index (χ2v) is 4.95. The Hall–Kier alpha value is -1.69. The van der Waals surface area contributed by atoms with E-state index >= 15 is 0 Å². The molecule has 0 fully saturated rings. The van der Waals surface area contributed by atoms with Gasteiger partial charge in [-0.3, -0.25) is 4.79 Å². The van der Waals surface area contributed by atoms with Gasteiger partial charge >= 0.3 is 6.18 Å². The van der Waals surface area contributed by atoms with Gasteiger partial charge in [-0.15, -0.1) is 0 Å². The fourth-order valence-electron chi connectivity index (χ4n) is 1.68. The van der Waals surface area contributed by atoms with E-state index in [4.69, 9.17) is 0 Å². The van der Waals surface area contributed by atoms with E-state index in [1.807, 2.05) is 0 Å². The number of ketones is 1. The van der Waals surface area contributed by atoms with Crippen LogP contribution >= 0.6 is 15.9 Å². The van der Waals surface area contributed by atoms with Crippen LogP contribution < -0.4 is 0 Å². The van der Waals surface area contributed by atoms with E-state index in [0.717, 1.165) is 6.07 Å². The van der Waals surface area contributed by atoms with Gasteiger partial charge in [0.05, 0.1) is 5.56 Å². The number of benzene rings is 2. The molecule has 0 aliphatic rings. The van der Waals surface area contributed by atoms with Gasteiger partial charge in [-0.1, -0.05) is 34.1 Å². The van der Waals surface area contributed by atoms with E-state index in [2.05, 4.69) is 15.9 Å². The number of hydrogen-bond acceptors (Lipinski definition) is 1. The van der Waals surface area contributed by atoms with E-state index in [9.17, 15) is 22.4 Å². The molecule has 0 saturated heterocycles. The monoisotopic (exact) mass is 346 g/mol. The molecule has 2 aromatic carbocycles. The summed E-state index contributed by atoms with van der Waals surface area (Å²) >= 11 is 3.18. The molecule has 0 unspecified atom stereocenters. The molecule has 0 heterocycles. The largest absolute Gasteiger partial charge is 0.419 e. The molecule has 2 rings (SSSR count). The molecular weight excluding hydrogens is 340 g/mol. The van der Waals surface area contributed by atoms with Crippen LogP contribution in [0.2, 0.25) is 0 Å². The molecule has 0 atom stereocenters. The molecule has 1 nitrogen and oxygen atoms in total. The summed E-state index contributed by atoms with van der Waals surface area (Å²) in [4.78, 5) is 12.0. The molecule has 6 heteroatoms. The van der Waals surface area contributed by atoms with E-state index in [0.29, 0.717) is 16.6 Å². The number of halogens is 5. The van der Waals surface area contributed by atoms with Crippen LogP contribution in [0.15, 0.2) is 46.9 Å². The summed E-state index contributed by atoms with van der Waals surface area (Å²) in [5.74, 6) is -2.00. The van der Waals surface area contributed by atoms with Gasteiger partial charge in [0.2, 0.25) is 0 Å². The van der Waals surface area contributed by atoms with Gasteiger partial charge in [0, 0.05) is 15.6 Å². The van der Waals surface area contributed by atoms with Gasteiger partial charge in [0.25, 0.3) is 0 Å². The van der Waals surface area contributed by atoms with Crippen LogP contribution in [-0.2, 0) is 6.18 Å². The first-order valence-corrected chi connectivity index (χ1v) is 6.25. The third kappa shape index (κ3) is 3.07. The van der Waals surface area contributed by atoms with Crippen LogP contribution in [0.4, 0.5) is 17.6 Å². The minimum atomic E-state index is -4.78. The Balaban J connectivity index is 2.40. The molecule has 0 N–H and O–H groups in total. The van der Waals surface area contributed by atoms with E-state index in [1.54, 1.807) is 12.1 Å². The molecule has 0 aliphatic heterocycles. The van der Waals surface area contributed by atoms with Gasteiger partial charge in [-0.05, 0) is 24.3 Å². The first-order valence-electron chi connectivity index (χ1n) is 5.46. The Bertz CT molecular complexity index is 664. The van der Waals surface area contributed by atoms with Crippen molar-refractivity contribution in [2.45, 2.75) is 6.18 Å². The summed E-state index contributed by atoms with van der Waals surface area (Å²) in [5.41, 5.74) is -1.25. The van der Waals surface area contributed by atoms with Crippen LogP contribution in [0.3, 0.4) is 0 Å². The van der Waals surface area contributed by atoms with Gasteiger partial charge in [0.1, 0.15) is 5.82 Å². The fraction of sp³-hybridized carbons (Fsp3) is 0.0714. The van der Waals surface area contributed by atoms with Gasteiger partial charge in [-0.25, -0.2) is 4.39 Å². The maximum Gasteiger partial charge on any atom is 0.419 e. The predicted octanol–water partition coefficient (Wildman–Crippen LogP) is 4.84. The van der Waals surface area contributed by atoms with Gasteiger partial charge in [0.15, 0.2) is 5.78 Å². The van der Waals surface area contributed by atoms with E-state index in [-0.39, 0.29) is 11.1 Å². The quantitative estimate of drug-likeness (QED) is 0.561. The van der Waals surface area contributed by atoms with Crippen LogP contribution in [0.1, 0.15) is 21.5 Å². The molecule has 0 bridgehead atoms. The smallest absolute Gasteiger partial charge is 0.289 e. The van der Waals surface area contributed by atoms with Crippen molar-refractivity contribution in [2.75, 3.05) is 0 Å². The number of rotatable bonds is 2. The topological polar surface area (TPSA) is 17.1 Å². The minimum absolute atomic E-state index is 0.131. The summed E-state index contributed by atoms with van der Waals surface area (Å²) < 4.78 is 51.3. The van der Waals surface area contributed by atoms with Crippen molar-refractivity contribution in [1.82, 2.24) is 0 Å². The summed E-state index contributed by atoms with van der Waals surface area (Å²) in [5, 5.41) is 0. The molecular formula is C14H7BrF4O. The second kappa shape index (κ2) is 5.36. The Kier molecular flexibility index (Phi) is 3.94. The minimum Gasteiger partial charge on any atom is -0.289 e. The predicted molar refractivity (Wildman–Crippen MR) is 69.0 cm³/mol. The zero-order valence-electron chi connectivity index (χ0n) is 9.84. The van der Waals surface area contributed by atoms with Crippen molar-refractivity contribution in [1.29, 1.82) is 0 Å². The Morgan fingerprint density at radius 3 is 2.20 bits per heavy atom. The maximum absolute atomic E-state index is 13.4. The molecule has 20 heavy (non-hydrogen) atoms. The normalized spacial score (nSPS) is 11.4. The molecule has 0 aromatic heterocycles. The lowest BCUT2D eigenvalue weighted by atomic mass is 10.0. The Morgan fingerprint density at radius 1 is 1.00 bits per heavy atom. The number of carbonyl (C=O) groups excluding carboxylic acids is 1. The van der Waals surface area contributed by atoms with Crippen LogP contribution in [0.5, 0.6) is 0 Å². The fourth-order valence-corrected chi connectivity index (χ4v) is 2.08. The third-order valence-corrected chi connectivity index (χ3v) is 3.12. The van der Waals surface area contributed by atoms with Crippen molar-refractivity contribution in [3.63, 3.8) is 0 Å². The molecule has 0 amide bonds. The third-order valence-electron chi connectivity index (χ3n) is 2.62. The molecule has 0 saturated carbocycles. The zero-order chi connectivity index (χ0) is 14.9. The summed E-state index contributed by atoms with van der Waals surface area (Å²) in [6.45, 7) is 0. The lowest BCUT2D eigenvalue weighted by Gasteiger charge is -2.09. The van der Waals surface area contributed by atoms with Crippen molar-refractivity contribution < 1.29 is 22.4 Å². The molecule has 0 radical (unpaired) electrons. The first-order chi connectivity index (χ1) is 9.29. The average Bonchev–Trinajstić information content (AvgIpc) is 2.36. The van der Waals surface area contributed by atoms with Crippen LogP contribution in [0.25, 0.3) is 0 Å². The van der Waals surface area contributed by atoms with Crippen molar-refractivity contribution in [3.8, 4) is 0 Å². The van der Waals surface area contributed by atoms with Crippen molar-refractivity contribution >= 4 is 21.7 Å². The first kappa shape index (κ1) is 14.7. The number of alkyl halides is 3. The Morgan fingerprint density at radius 2 is 1.65 bits per heavy atom. The number of hydrogen-bond donors (Lipinski definition) is 0. The highest BCUT2D eigenvalue weighted by molar-refractivity contribution is 9.10. The molecule has 2 aromatic rings. The van der Waals surface area contributed by atoms with Gasteiger partial charge in [-0.2, -0.15) is 13.2 Å². The molecule has 0 spiro atoms. The van der Waals surface area contributed by atoms with Crippen LogP contribution in [0, 0.1) is 5.82 Å². The summed E-state index contributed by atoms with van der Waals surface area (Å²) in [7, 11) is 0. The maximum atomic E-state index is 13.4. The summed E-state index contributed by atoms with van der Waals surface area (Å²) in [6, 6.07) is 8.46. The van der Waals surface area contributed by atoms with Crippen molar-refractivity contribution in [3.05, 3.63) is 69.4 Å². The van der Waals surface area contributed by atoms with Gasteiger partial charge < -0.3 is 0 Å². The standard InChI is InChI=1S/C14H7BrF4O/c15-10-3-1-2-8(6-10)13(20)9-4-5-11(12(16)7-9)14(17,18)19/h1-7H. The zero-order valence-corrected chi connectivity index (χ0v) is 11.4. The average molecular weight is 347 g/mol. The summed E-state index contributed by atoms with van der Waals surface area (Å²) in [6.07, 6.45) is -4.78. The van der Waals surface area contributed by atoms with Crippen LogP contribution in [-0.4, -0.2) is 5.78 Å². The number of carbonyl (C=O) groups is 1. The Labute approximate surface area is 120 Å². The highest BCUT2D eigenvalue weighted by atomic mass is 79.9. The second-order valence-electron chi connectivity index (χ2n) is 4.03. The molecule has 0 aliphatic carbocycles. The lowest BCUT2D eigenvalue weighted by molar-refractivity contribution is -0.140. The van der Waals surface area contributed by atoms with Crippen molar-refractivity contribution in [2.24, 2.45) is 0 Å². The van der Waals surface area contributed by atoms with E-state index < -0.39 is 23.3 Å². The SMILES string of the molecule is O=C(c1cccc(Br)c1)c1ccc(C(F)(F)F)c(F)c1.